The maximum absolute atomic E-state index is 13.9. The van der Waals surface area contributed by atoms with Crippen LogP contribution in [0.2, 0.25) is 0 Å². The fraction of sp³-hybridized carbons (Fsp3) is 0.667. The van der Waals surface area contributed by atoms with E-state index >= 15 is 0 Å². The van der Waals surface area contributed by atoms with E-state index in [1.165, 1.54) is 43.3 Å². The second-order valence-electron chi connectivity index (χ2n) is 8.65. The molecule has 0 saturated carbocycles. The maximum atomic E-state index is 13.9. The third kappa shape index (κ3) is 6.58. The van der Waals surface area contributed by atoms with Crippen LogP contribution in [0.4, 0.5) is 74.6 Å². The summed E-state index contributed by atoms with van der Waals surface area (Å²) in [7, 11) is 2.97. The number of alkyl halides is 17. The Hall–Kier alpha value is -2.35. The lowest BCUT2D eigenvalue weighted by atomic mass is 9.88. The van der Waals surface area contributed by atoms with Gasteiger partial charge in [-0.05, 0) is 30.7 Å². The molecule has 0 aliphatic carbocycles. The topological polar surface area (TPSA) is 29.5 Å². The molecule has 0 atom stereocenters. The number of halogens is 17. The molecular formula is C21H18F17NO2S. The van der Waals surface area contributed by atoms with E-state index in [2.05, 4.69) is 0 Å². The lowest BCUT2D eigenvalue weighted by molar-refractivity contribution is -0.461. The van der Waals surface area contributed by atoms with Gasteiger partial charge in [0.2, 0.25) is 5.91 Å². The molecule has 1 rings (SSSR count). The van der Waals surface area contributed by atoms with E-state index in [1.807, 2.05) is 0 Å². The Morgan fingerprint density at radius 3 is 1.48 bits per heavy atom. The van der Waals surface area contributed by atoms with Crippen LogP contribution in [-0.4, -0.2) is 84.9 Å². The normalized spacial score (nSPS) is 14.6. The van der Waals surface area contributed by atoms with Crippen LogP contribution in [-0.2, 0) is 4.79 Å². The largest absolute Gasteiger partial charge is 0.494 e. The minimum absolute atomic E-state index is 0.00844. The van der Waals surface area contributed by atoms with Crippen LogP contribution < -0.4 is 4.74 Å². The Labute approximate surface area is 229 Å². The van der Waals surface area contributed by atoms with Gasteiger partial charge in [0.05, 0.1) is 12.4 Å². The molecule has 42 heavy (non-hydrogen) atoms. The molecule has 0 spiro atoms. The van der Waals surface area contributed by atoms with Crippen molar-refractivity contribution in [3.63, 3.8) is 0 Å². The van der Waals surface area contributed by atoms with Gasteiger partial charge in [-0.3, -0.25) is 4.79 Å². The third-order valence-corrected chi connectivity index (χ3v) is 6.37. The third-order valence-electron chi connectivity index (χ3n) is 5.38. The number of nitrogens with zero attached hydrogens (tertiary/aromatic N) is 1. The van der Waals surface area contributed by atoms with Crippen molar-refractivity contribution in [2.75, 3.05) is 26.5 Å². The first-order valence-corrected chi connectivity index (χ1v) is 11.8. The van der Waals surface area contributed by atoms with Crippen molar-refractivity contribution in [3.8, 4) is 5.75 Å². The molecule has 21 heteroatoms. The summed E-state index contributed by atoms with van der Waals surface area (Å²) < 4.78 is 231. The van der Waals surface area contributed by atoms with E-state index in [9.17, 15) is 79.4 Å². The molecule has 1 aromatic rings. The highest BCUT2D eigenvalue weighted by Gasteiger charge is 2.95. The summed E-state index contributed by atoms with van der Waals surface area (Å²) in [6, 6.07) is 5.02. The van der Waals surface area contributed by atoms with Gasteiger partial charge in [0.25, 0.3) is 0 Å². The molecule has 3 nitrogen and oxygen atoms in total. The van der Waals surface area contributed by atoms with Gasteiger partial charge in [0.15, 0.2) is 0 Å². The lowest BCUT2D eigenvalue weighted by Gasteiger charge is -2.42. The number of thioether (sulfide) groups is 1. The van der Waals surface area contributed by atoms with Crippen molar-refractivity contribution in [2.24, 2.45) is 0 Å². The monoisotopic (exact) mass is 673 g/mol. The molecule has 1 amide bonds. The molecular weight excluding hydrogens is 655 g/mol. The summed E-state index contributed by atoms with van der Waals surface area (Å²) in [6.07, 6.45) is -11.8. The number of hydrogen-bond donors (Lipinski definition) is 0. The first-order valence-electron chi connectivity index (χ1n) is 10.8. The summed E-state index contributed by atoms with van der Waals surface area (Å²) in [5.74, 6) is -56.8. The quantitative estimate of drug-likeness (QED) is 0.0868. The Morgan fingerprint density at radius 2 is 1.07 bits per heavy atom. The van der Waals surface area contributed by atoms with Crippen molar-refractivity contribution in [1.29, 1.82) is 0 Å². The Morgan fingerprint density at radius 1 is 0.667 bits per heavy atom. The summed E-state index contributed by atoms with van der Waals surface area (Å²) in [5.41, 5.74) is 0. The first kappa shape index (κ1) is 37.7. The fourth-order valence-corrected chi connectivity index (χ4v) is 3.62. The van der Waals surface area contributed by atoms with Crippen LogP contribution in [0.5, 0.6) is 5.75 Å². The smallest absolute Gasteiger partial charge is 0.460 e. The van der Waals surface area contributed by atoms with Gasteiger partial charge in [-0.1, -0.05) is 0 Å². The number of benzene rings is 1. The van der Waals surface area contributed by atoms with E-state index in [1.54, 1.807) is 0 Å². The van der Waals surface area contributed by atoms with E-state index in [4.69, 9.17) is 4.74 Å². The zero-order valence-electron chi connectivity index (χ0n) is 20.7. The number of rotatable bonds is 14. The molecule has 0 aliphatic heterocycles. The van der Waals surface area contributed by atoms with Crippen LogP contribution in [0, 0.1) is 0 Å². The SMILES string of the molecule is CN(C)[13C](=O)[13CH2]Sc1ccc(OCCCC(F)(F)C(F)(F)C(F)(F)C(F)(F)C(F)(F)C(F)(F)C(F)(F)C(F)(F)F)cc1. The van der Waals surface area contributed by atoms with E-state index in [0.29, 0.717) is 4.90 Å². The highest BCUT2D eigenvalue weighted by atomic mass is 32.2. The van der Waals surface area contributed by atoms with Gasteiger partial charge in [-0.2, -0.15) is 74.6 Å². The summed E-state index contributed by atoms with van der Waals surface area (Å²) in [6.45, 7) is -1.04. The van der Waals surface area contributed by atoms with Crippen molar-refractivity contribution < 1.29 is 84.2 Å². The number of amides is 1. The maximum Gasteiger partial charge on any atom is 0.460 e. The van der Waals surface area contributed by atoms with Crippen LogP contribution in [0.25, 0.3) is 0 Å². The van der Waals surface area contributed by atoms with Gasteiger partial charge in [0, 0.05) is 25.4 Å². The highest BCUT2D eigenvalue weighted by molar-refractivity contribution is 8.00. The van der Waals surface area contributed by atoms with E-state index in [-0.39, 0.29) is 17.4 Å². The standard InChI is InChI=1S/C21H18F17NO2S/c1-39(2)13(40)10-42-12-6-4-11(5-7-12)41-9-3-8-14(22,23)15(24,25)16(26,27)17(28,29)18(30,31)19(32,33)20(34,35)21(36,37)38/h4-7H,3,8-10H2,1-2H3/i10+1,13+1. The lowest BCUT2D eigenvalue weighted by Crippen LogP contribution is -2.74. The van der Waals surface area contributed by atoms with Crippen LogP contribution in [0.1, 0.15) is 12.8 Å². The zero-order chi connectivity index (χ0) is 33.4. The average molecular weight is 673 g/mol. The van der Waals surface area contributed by atoms with E-state index in [0.717, 1.165) is 11.8 Å². The second kappa shape index (κ2) is 12.0. The number of ether oxygens (including phenoxy) is 1. The van der Waals surface area contributed by atoms with E-state index < -0.39 is 67.1 Å². The Kier molecular flexibility index (Phi) is 10.7. The molecule has 0 heterocycles. The van der Waals surface area contributed by atoms with Crippen molar-refractivity contribution in [3.05, 3.63) is 24.3 Å². The zero-order valence-corrected chi connectivity index (χ0v) is 21.6. The predicted molar refractivity (Wildman–Crippen MR) is 111 cm³/mol. The Balaban J connectivity index is 3.04. The van der Waals surface area contributed by atoms with Crippen molar-refractivity contribution in [1.82, 2.24) is 4.90 Å². The Bertz CT molecular complexity index is 1070. The number of carbonyl (C=O) groups is 1. The van der Waals surface area contributed by atoms with Crippen molar-refractivity contribution >= 4 is 17.7 Å². The molecule has 0 fully saturated rings. The fourth-order valence-electron chi connectivity index (χ4n) is 2.74. The summed E-state index contributed by atoms with van der Waals surface area (Å²) in [5, 5.41) is 0. The van der Waals surface area contributed by atoms with Crippen LogP contribution in [0.3, 0.4) is 0 Å². The molecule has 0 aromatic heterocycles. The van der Waals surface area contributed by atoms with Gasteiger partial charge in [-0.25, -0.2) is 0 Å². The van der Waals surface area contributed by atoms with Crippen LogP contribution >= 0.6 is 11.8 Å². The molecule has 244 valence electrons. The minimum atomic E-state index is -8.64. The average Bonchev–Trinajstić information content (AvgIpc) is 2.84. The highest BCUT2D eigenvalue weighted by Crippen LogP contribution is 2.64. The van der Waals surface area contributed by atoms with Crippen LogP contribution in [0.15, 0.2) is 29.2 Å². The predicted octanol–water partition coefficient (Wildman–Crippen LogP) is 8.04. The molecule has 0 aliphatic rings. The molecule has 0 radical (unpaired) electrons. The number of hydrogen-bond acceptors (Lipinski definition) is 3. The summed E-state index contributed by atoms with van der Waals surface area (Å²) in [4.78, 5) is 13.3. The van der Waals surface area contributed by atoms with Gasteiger partial charge in [0.1, 0.15) is 5.75 Å². The molecule has 0 saturated heterocycles. The number of carbonyl (C=O) groups excluding carboxylic acids is 1. The molecule has 0 bridgehead atoms. The minimum Gasteiger partial charge on any atom is -0.494 e. The summed E-state index contributed by atoms with van der Waals surface area (Å²) >= 11 is 1.05. The molecule has 1 aromatic carbocycles. The van der Waals surface area contributed by atoms with Crippen molar-refractivity contribution in [2.45, 2.75) is 65.4 Å². The molecule has 0 unspecified atom stereocenters. The molecule has 0 N–H and O–H groups in total. The second-order valence-corrected chi connectivity index (χ2v) is 9.70. The van der Waals surface area contributed by atoms with Gasteiger partial charge < -0.3 is 9.64 Å². The first-order chi connectivity index (χ1) is 18.5. The van der Waals surface area contributed by atoms with Gasteiger partial charge >= 0.3 is 47.6 Å². The van der Waals surface area contributed by atoms with Gasteiger partial charge in [-0.15, -0.1) is 11.8 Å².